The van der Waals surface area contributed by atoms with Gasteiger partial charge in [0, 0.05) is 5.38 Å². The lowest BCUT2D eigenvalue weighted by Crippen LogP contribution is -1.87. The Morgan fingerprint density at radius 3 is 3.25 bits per heavy atom. The highest BCUT2D eigenvalue weighted by atomic mass is 32.1. The molecule has 0 atom stereocenters. The molecular weight excluding hydrogens is 174 g/mol. The number of aliphatic hydroxyl groups is 1. The van der Waals surface area contributed by atoms with Gasteiger partial charge in [0.25, 0.3) is 0 Å². The zero-order valence-corrected chi connectivity index (χ0v) is 6.88. The predicted molar refractivity (Wildman–Crippen MR) is 43.7 cm³/mol. The number of rotatable bonds is 1. The lowest BCUT2D eigenvalue weighted by molar-refractivity contribution is 0.276. The highest BCUT2D eigenvalue weighted by Gasteiger charge is 2.07. The fourth-order valence-electron chi connectivity index (χ4n) is 1.03. The number of imidazole rings is 1. The van der Waals surface area contributed by atoms with Gasteiger partial charge in [0.2, 0.25) is 0 Å². The van der Waals surface area contributed by atoms with Crippen LogP contribution in [0, 0.1) is 11.3 Å². The second kappa shape index (κ2) is 2.59. The van der Waals surface area contributed by atoms with Crippen molar-refractivity contribution < 1.29 is 5.11 Å². The van der Waals surface area contributed by atoms with Gasteiger partial charge in [-0.05, 0) is 0 Å². The third-order valence-corrected chi connectivity index (χ3v) is 2.61. The van der Waals surface area contributed by atoms with E-state index in [1.165, 1.54) is 11.3 Å². The Bertz CT molecular complexity index is 451. The maximum atomic E-state index is 8.88. The number of hydrogen-bond acceptors (Lipinski definition) is 4. The number of thiazole rings is 1. The van der Waals surface area contributed by atoms with Crippen LogP contribution in [0.3, 0.4) is 0 Å². The average Bonchev–Trinajstić information content (AvgIpc) is 2.62. The number of fused-ring (bicyclic) bond motifs is 1. The van der Waals surface area contributed by atoms with Crippen molar-refractivity contribution in [3.05, 3.63) is 23.1 Å². The first-order valence-corrected chi connectivity index (χ1v) is 4.19. The summed E-state index contributed by atoms with van der Waals surface area (Å²) in [6.07, 6.45) is 1.55. The SMILES string of the molecule is N#Cc1ncn2c(CO)csc12. The molecule has 0 radical (unpaired) electrons. The summed E-state index contributed by atoms with van der Waals surface area (Å²) in [5.41, 5.74) is 1.18. The van der Waals surface area contributed by atoms with Crippen molar-refractivity contribution in [1.82, 2.24) is 9.38 Å². The molecule has 2 heterocycles. The highest BCUT2D eigenvalue weighted by Crippen LogP contribution is 2.19. The molecule has 2 aromatic heterocycles. The van der Waals surface area contributed by atoms with Crippen LogP contribution in [0.25, 0.3) is 4.83 Å². The van der Waals surface area contributed by atoms with E-state index in [0.717, 1.165) is 10.5 Å². The molecule has 0 bridgehead atoms. The molecule has 0 aromatic carbocycles. The molecule has 2 rings (SSSR count). The second-order valence-corrected chi connectivity index (χ2v) is 3.12. The fourth-order valence-corrected chi connectivity index (χ4v) is 1.95. The van der Waals surface area contributed by atoms with Gasteiger partial charge in [-0.2, -0.15) is 5.26 Å². The smallest absolute Gasteiger partial charge is 0.176 e. The largest absolute Gasteiger partial charge is 0.390 e. The first-order valence-electron chi connectivity index (χ1n) is 3.31. The van der Waals surface area contributed by atoms with Gasteiger partial charge in [-0.15, -0.1) is 11.3 Å². The molecule has 60 valence electrons. The monoisotopic (exact) mass is 179 g/mol. The van der Waals surface area contributed by atoms with Gasteiger partial charge in [-0.1, -0.05) is 0 Å². The van der Waals surface area contributed by atoms with E-state index in [1.54, 1.807) is 10.7 Å². The van der Waals surface area contributed by atoms with Crippen LogP contribution in [-0.2, 0) is 6.61 Å². The van der Waals surface area contributed by atoms with Crippen molar-refractivity contribution in [3.8, 4) is 6.07 Å². The zero-order chi connectivity index (χ0) is 8.55. The summed E-state index contributed by atoms with van der Waals surface area (Å²) in [6, 6.07) is 1.98. The van der Waals surface area contributed by atoms with Crippen molar-refractivity contribution in [2.75, 3.05) is 0 Å². The minimum atomic E-state index is -0.0266. The Morgan fingerprint density at radius 1 is 1.75 bits per heavy atom. The summed E-state index contributed by atoms with van der Waals surface area (Å²) in [7, 11) is 0. The molecule has 0 aliphatic carbocycles. The molecule has 0 spiro atoms. The molecule has 12 heavy (non-hydrogen) atoms. The quantitative estimate of drug-likeness (QED) is 0.703. The molecule has 0 aliphatic heterocycles. The van der Waals surface area contributed by atoms with Gasteiger partial charge in [0.15, 0.2) is 5.69 Å². The molecule has 0 unspecified atom stereocenters. The molecule has 0 aliphatic rings. The summed E-state index contributed by atoms with van der Waals surface area (Å²) in [6.45, 7) is -0.0266. The van der Waals surface area contributed by atoms with Crippen LogP contribution in [0.4, 0.5) is 0 Å². The van der Waals surface area contributed by atoms with Crippen LogP contribution in [-0.4, -0.2) is 14.5 Å². The zero-order valence-electron chi connectivity index (χ0n) is 6.06. The second-order valence-electron chi connectivity index (χ2n) is 2.27. The van der Waals surface area contributed by atoms with Crippen molar-refractivity contribution >= 4 is 16.2 Å². The van der Waals surface area contributed by atoms with Crippen molar-refractivity contribution in [2.24, 2.45) is 0 Å². The van der Waals surface area contributed by atoms with Gasteiger partial charge >= 0.3 is 0 Å². The summed E-state index contributed by atoms with van der Waals surface area (Å²) in [4.78, 5) is 4.68. The van der Waals surface area contributed by atoms with E-state index in [9.17, 15) is 0 Å². The van der Waals surface area contributed by atoms with Gasteiger partial charge in [0.1, 0.15) is 17.2 Å². The lowest BCUT2D eigenvalue weighted by atomic mass is 10.5. The molecule has 0 saturated heterocycles. The topological polar surface area (TPSA) is 61.3 Å². The molecule has 4 nitrogen and oxygen atoms in total. The van der Waals surface area contributed by atoms with E-state index >= 15 is 0 Å². The average molecular weight is 179 g/mol. The predicted octanol–water partition coefficient (Wildman–Crippen LogP) is 0.760. The van der Waals surface area contributed by atoms with E-state index in [1.807, 2.05) is 11.4 Å². The van der Waals surface area contributed by atoms with Crippen molar-refractivity contribution in [2.45, 2.75) is 6.61 Å². The molecule has 1 N–H and O–H groups in total. The lowest BCUT2D eigenvalue weighted by Gasteiger charge is -1.88. The van der Waals surface area contributed by atoms with Crippen LogP contribution < -0.4 is 0 Å². The Balaban J connectivity index is 2.76. The van der Waals surface area contributed by atoms with E-state index in [4.69, 9.17) is 10.4 Å². The summed E-state index contributed by atoms with van der Waals surface area (Å²) in [5, 5.41) is 19.3. The standard InChI is InChI=1S/C7H5N3OS/c8-1-6-7-10(4-9-6)5(2-11)3-12-7/h3-4,11H,2H2. The molecule has 0 fully saturated rings. The van der Waals surface area contributed by atoms with Gasteiger partial charge in [-0.3, -0.25) is 4.40 Å². The molecule has 0 amide bonds. The third-order valence-electron chi connectivity index (χ3n) is 1.61. The van der Waals surface area contributed by atoms with E-state index in [2.05, 4.69) is 4.98 Å². The highest BCUT2D eigenvalue weighted by molar-refractivity contribution is 7.15. The first kappa shape index (κ1) is 7.28. The number of hydrogen-bond donors (Lipinski definition) is 1. The number of aromatic nitrogens is 2. The Labute approximate surface area is 72.3 Å². The maximum Gasteiger partial charge on any atom is 0.176 e. The van der Waals surface area contributed by atoms with Crippen LogP contribution >= 0.6 is 11.3 Å². The summed E-state index contributed by atoms with van der Waals surface area (Å²) in [5.74, 6) is 0. The minimum absolute atomic E-state index is 0.0266. The van der Waals surface area contributed by atoms with E-state index < -0.39 is 0 Å². The van der Waals surface area contributed by atoms with Gasteiger partial charge in [-0.25, -0.2) is 4.98 Å². The normalized spacial score (nSPS) is 10.3. The van der Waals surface area contributed by atoms with Crippen LogP contribution in [0.15, 0.2) is 11.7 Å². The first-order chi connectivity index (χ1) is 5.86. The molecular formula is C7H5N3OS. The van der Waals surface area contributed by atoms with Crippen molar-refractivity contribution in [3.63, 3.8) is 0 Å². The molecule has 5 heteroatoms. The van der Waals surface area contributed by atoms with E-state index in [-0.39, 0.29) is 6.61 Å². The molecule has 2 aromatic rings. The Hall–Kier alpha value is -1.38. The maximum absolute atomic E-state index is 8.88. The third kappa shape index (κ3) is 0.826. The molecule has 0 saturated carbocycles. The van der Waals surface area contributed by atoms with Gasteiger partial charge in [0.05, 0.1) is 12.3 Å². The van der Waals surface area contributed by atoms with E-state index in [0.29, 0.717) is 5.69 Å². The number of nitrogens with zero attached hydrogens (tertiary/aromatic N) is 3. The van der Waals surface area contributed by atoms with Crippen LogP contribution in [0.1, 0.15) is 11.4 Å². The summed E-state index contributed by atoms with van der Waals surface area (Å²) < 4.78 is 1.73. The van der Waals surface area contributed by atoms with Crippen molar-refractivity contribution in [1.29, 1.82) is 5.26 Å². The minimum Gasteiger partial charge on any atom is -0.390 e. The van der Waals surface area contributed by atoms with Crippen LogP contribution in [0.2, 0.25) is 0 Å². The Morgan fingerprint density at radius 2 is 2.58 bits per heavy atom. The van der Waals surface area contributed by atoms with Gasteiger partial charge < -0.3 is 5.11 Å². The fraction of sp³-hybridized carbons (Fsp3) is 0.143. The Kier molecular flexibility index (Phi) is 1.57. The summed E-state index contributed by atoms with van der Waals surface area (Å²) >= 11 is 1.41. The number of aliphatic hydroxyl groups excluding tert-OH is 1. The van der Waals surface area contributed by atoms with Crippen LogP contribution in [0.5, 0.6) is 0 Å². The number of nitriles is 1.